The van der Waals surface area contributed by atoms with Crippen LogP contribution in [0.1, 0.15) is 37.1 Å². The molecule has 7 nitrogen and oxygen atoms in total. The van der Waals surface area contributed by atoms with Crippen LogP contribution >= 0.6 is 0 Å². The van der Waals surface area contributed by atoms with Crippen LogP contribution in [0.4, 0.5) is 5.82 Å². The van der Waals surface area contributed by atoms with Crippen LogP contribution in [-0.2, 0) is 9.53 Å². The molecule has 1 rings (SSSR count). The Morgan fingerprint density at radius 3 is 2.52 bits per heavy atom. The fourth-order valence-electron chi connectivity index (χ4n) is 1.57. The molecule has 0 saturated carbocycles. The first-order chi connectivity index (χ1) is 9.83. The molecule has 0 aliphatic rings. The molecule has 1 heterocycles. The number of hydrogen-bond donors (Lipinski definition) is 2. The summed E-state index contributed by atoms with van der Waals surface area (Å²) in [6, 6.07) is 1.20. The maximum Gasteiger partial charge on any atom is 0.376 e. The van der Waals surface area contributed by atoms with Crippen molar-refractivity contribution in [1.82, 2.24) is 15.3 Å². The van der Waals surface area contributed by atoms with E-state index in [0.717, 1.165) is 0 Å². The molecule has 116 valence electrons. The summed E-state index contributed by atoms with van der Waals surface area (Å²) in [5.41, 5.74) is 0.614. The monoisotopic (exact) mass is 294 g/mol. The van der Waals surface area contributed by atoms with Gasteiger partial charge in [0.2, 0.25) is 11.7 Å². The molecule has 1 unspecified atom stereocenters. The van der Waals surface area contributed by atoms with Crippen molar-refractivity contribution >= 4 is 17.7 Å². The van der Waals surface area contributed by atoms with Crippen molar-refractivity contribution in [2.45, 2.75) is 33.7 Å². The SMILES string of the molecule is COC(=O)c1nc(C)cc(NC(C)C(=O)NCC(C)C)n1. The quantitative estimate of drug-likeness (QED) is 0.764. The van der Waals surface area contributed by atoms with Crippen molar-refractivity contribution in [3.8, 4) is 0 Å². The van der Waals surface area contributed by atoms with Gasteiger partial charge in [0.05, 0.1) is 7.11 Å². The number of methoxy groups -OCH3 is 1. The molecule has 21 heavy (non-hydrogen) atoms. The van der Waals surface area contributed by atoms with Crippen LogP contribution in [0.15, 0.2) is 6.07 Å². The molecule has 2 N–H and O–H groups in total. The van der Waals surface area contributed by atoms with Crippen LogP contribution in [0, 0.1) is 12.8 Å². The van der Waals surface area contributed by atoms with Gasteiger partial charge in [0.15, 0.2) is 0 Å². The van der Waals surface area contributed by atoms with Gasteiger partial charge in [-0.2, -0.15) is 0 Å². The molecule has 0 fully saturated rings. The van der Waals surface area contributed by atoms with E-state index in [4.69, 9.17) is 0 Å². The first-order valence-corrected chi connectivity index (χ1v) is 6.81. The fourth-order valence-corrected chi connectivity index (χ4v) is 1.57. The standard InChI is InChI=1S/C14H22N4O3/c1-8(2)7-15-13(19)10(4)17-11-6-9(3)16-12(18-11)14(20)21-5/h6,8,10H,7H2,1-5H3,(H,15,19)(H,16,17,18). The van der Waals surface area contributed by atoms with Gasteiger partial charge >= 0.3 is 5.97 Å². The highest BCUT2D eigenvalue weighted by Gasteiger charge is 2.16. The number of nitrogens with one attached hydrogen (secondary N) is 2. The number of aryl methyl sites for hydroxylation is 1. The molecule has 0 aliphatic heterocycles. The molecule has 0 aliphatic carbocycles. The van der Waals surface area contributed by atoms with Crippen LogP contribution in [0.2, 0.25) is 0 Å². The molecule has 0 saturated heterocycles. The lowest BCUT2D eigenvalue weighted by molar-refractivity contribution is -0.121. The van der Waals surface area contributed by atoms with Crippen molar-refractivity contribution in [2.24, 2.45) is 5.92 Å². The molecule has 1 atom stereocenters. The minimum absolute atomic E-state index is 0.0326. The predicted octanol–water partition coefficient (Wildman–Crippen LogP) is 1.14. The van der Waals surface area contributed by atoms with Gasteiger partial charge in [-0.1, -0.05) is 13.8 Å². The second kappa shape index (κ2) is 7.56. The Balaban J connectivity index is 2.75. The lowest BCUT2D eigenvalue weighted by Gasteiger charge is -2.16. The van der Waals surface area contributed by atoms with Crippen LogP contribution in [0.5, 0.6) is 0 Å². The maximum atomic E-state index is 11.9. The number of rotatable bonds is 6. The molecule has 7 heteroatoms. The average Bonchev–Trinajstić information content (AvgIpc) is 2.42. The molecule has 0 bridgehead atoms. The van der Waals surface area contributed by atoms with E-state index >= 15 is 0 Å². The van der Waals surface area contributed by atoms with Crippen molar-refractivity contribution < 1.29 is 14.3 Å². The van der Waals surface area contributed by atoms with Crippen LogP contribution in [-0.4, -0.2) is 41.5 Å². The minimum Gasteiger partial charge on any atom is -0.463 e. The van der Waals surface area contributed by atoms with Crippen molar-refractivity contribution in [2.75, 3.05) is 19.0 Å². The van der Waals surface area contributed by atoms with E-state index in [1.807, 2.05) is 13.8 Å². The summed E-state index contributed by atoms with van der Waals surface area (Å²) in [6.07, 6.45) is 0. The van der Waals surface area contributed by atoms with E-state index in [-0.39, 0.29) is 11.7 Å². The second-order valence-corrected chi connectivity index (χ2v) is 5.21. The van der Waals surface area contributed by atoms with Gasteiger partial charge in [0, 0.05) is 18.3 Å². The Morgan fingerprint density at radius 1 is 1.29 bits per heavy atom. The van der Waals surface area contributed by atoms with Gasteiger partial charge in [0.1, 0.15) is 11.9 Å². The normalized spacial score (nSPS) is 11.9. The van der Waals surface area contributed by atoms with Gasteiger partial charge in [0.25, 0.3) is 0 Å². The Morgan fingerprint density at radius 2 is 1.95 bits per heavy atom. The summed E-state index contributed by atoms with van der Waals surface area (Å²) >= 11 is 0. The van der Waals surface area contributed by atoms with Gasteiger partial charge in [-0.05, 0) is 19.8 Å². The molecule has 0 spiro atoms. The van der Waals surface area contributed by atoms with Crippen molar-refractivity contribution in [3.05, 3.63) is 17.6 Å². The van der Waals surface area contributed by atoms with Gasteiger partial charge in [-0.3, -0.25) is 4.79 Å². The number of aromatic nitrogens is 2. The maximum absolute atomic E-state index is 11.9. The van der Waals surface area contributed by atoms with Crippen LogP contribution in [0.25, 0.3) is 0 Å². The highest BCUT2D eigenvalue weighted by atomic mass is 16.5. The lowest BCUT2D eigenvalue weighted by Crippen LogP contribution is -2.39. The van der Waals surface area contributed by atoms with Crippen LogP contribution < -0.4 is 10.6 Å². The molecule has 1 aromatic rings. The van der Waals surface area contributed by atoms with E-state index in [1.54, 1.807) is 19.9 Å². The predicted molar refractivity (Wildman–Crippen MR) is 79.0 cm³/mol. The Hall–Kier alpha value is -2.18. The Kier molecular flexibility index (Phi) is 6.08. The number of esters is 1. The third-order valence-corrected chi connectivity index (χ3v) is 2.66. The summed E-state index contributed by atoms with van der Waals surface area (Å²) in [5, 5.41) is 5.78. The number of nitrogens with zero attached hydrogens (tertiary/aromatic N) is 2. The topological polar surface area (TPSA) is 93.2 Å². The molecule has 0 aromatic carbocycles. The molecular weight excluding hydrogens is 272 g/mol. The molecule has 1 amide bonds. The zero-order chi connectivity index (χ0) is 16.0. The number of hydrogen-bond acceptors (Lipinski definition) is 6. The number of anilines is 1. The zero-order valence-electron chi connectivity index (χ0n) is 13.1. The molecule has 1 aromatic heterocycles. The van der Waals surface area contributed by atoms with Gasteiger partial charge in [-0.15, -0.1) is 0 Å². The van der Waals surface area contributed by atoms with E-state index in [1.165, 1.54) is 7.11 Å². The van der Waals surface area contributed by atoms with Crippen molar-refractivity contribution in [3.63, 3.8) is 0 Å². The van der Waals surface area contributed by atoms with E-state index in [2.05, 4.69) is 25.3 Å². The lowest BCUT2D eigenvalue weighted by atomic mass is 10.2. The van der Waals surface area contributed by atoms with Crippen LogP contribution in [0.3, 0.4) is 0 Å². The molecular formula is C14H22N4O3. The highest BCUT2D eigenvalue weighted by molar-refractivity contribution is 5.86. The first kappa shape index (κ1) is 16.9. The Labute approximate surface area is 124 Å². The largest absolute Gasteiger partial charge is 0.463 e. The summed E-state index contributed by atoms with van der Waals surface area (Å²) in [4.78, 5) is 31.4. The summed E-state index contributed by atoms with van der Waals surface area (Å²) in [5.74, 6) is 0.0245. The fraction of sp³-hybridized carbons (Fsp3) is 0.571. The number of amides is 1. The first-order valence-electron chi connectivity index (χ1n) is 6.81. The smallest absolute Gasteiger partial charge is 0.376 e. The number of ether oxygens (including phenoxy) is 1. The summed E-state index contributed by atoms with van der Waals surface area (Å²) in [7, 11) is 1.27. The zero-order valence-corrected chi connectivity index (χ0v) is 13.1. The van der Waals surface area contributed by atoms with Gasteiger partial charge in [-0.25, -0.2) is 14.8 Å². The van der Waals surface area contributed by atoms with E-state index < -0.39 is 12.0 Å². The highest BCUT2D eigenvalue weighted by Crippen LogP contribution is 2.08. The number of carbonyl (C=O) groups is 2. The van der Waals surface area contributed by atoms with E-state index in [9.17, 15) is 9.59 Å². The van der Waals surface area contributed by atoms with E-state index in [0.29, 0.717) is 24.0 Å². The minimum atomic E-state index is -0.612. The van der Waals surface area contributed by atoms with Crippen molar-refractivity contribution in [1.29, 1.82) is 0 Å². The number of carbonyl (C=O) groups excluding carboxylic acids is 2. The Bertz CT molecular complexity index is 517. The van der Waals surface area contributed by atoms with Gasteiger partial charge < -0.3 is 15.4 Å². The summed E-state index contributed by atoms with van der Waals surface area (Å²) in [6.45, 7) is 8.12. The summed E-state index contributed by atoms with van der Waals surface area (Å²) < 4.78 is 4.59. The average molecular weight is 294 g/mol. The third kappa shape index (κ3) is 5.37. The second-order valence-electron chi connectivity index (χ2n) is 5.21. The molecule has 0 radical (unpaired) electrons. The third-order valence-electron chi connectivity index (χ3n) is 2.66.